The summed E-state index contributed by atoms with van der Waals surface area (Å²) in [6, 6.07) is 42.5. The van der Waals surface area contributed by atoms with Gasteiger partial charge in [-0.1, -0.05) is 134 Å². The number of pyridine rings is 1. The summed E-state index contributed by atoms with van der Waals surface area (Å²) < 4.78 is 2.31. The van der Waals surface area contributed by atoms with Crippen LogP contribution in [0.15, 0.2) is 121 Å². The average molecular weight is 684 g/mol. The Morgan fingerprint density at radius 2 is 1.02 bits per heavy atom. The molecule has 0 saturated heterocycles. The van der Waals surface area contributed by atoms with E-state index in [-0.39, 0.29) is 5.75 Å². The molecular formula is C48H49N3O. The lowest BCUT2D eigenvalue weighted by Crippen LogP contribution is -2.02. The van der Waals surface area contributed by atoms with Crippen LogP contribution in [0.25, 0.3) is 61.8 Å². The molecule has 0 atom stereocenters. The van der Waals surface area contributed by atoms with Crippen LogP contribution in [0, 0.1) is 0 Å². The first kappa shape index (κ1) is 34.9. The van der Waals surface area contributed by atoms with Gasteiger partial charge in [0.05, 0.1) is 22.4 Å². The average Bonchev–Trinajstić information content (AvgIpc) is 3.55. The Morgan fingerprint density at radius 1 is 0.462 bits per heavy atom. The third-order valence-electron chi connectivity index (χ3n) is 10.2. The number of benzene rings is 5. The Balaban J connectivity index is 1.39. The fourth-order valence-electron chi connectivity index (χ4n) is 6.97. The van der Waals surface area contributed by atoms with Crippen molar-refractivity contribution in [1.29, 1.82) is 0 Å². The molecule has 0 radical (unpaired) electrons. The van der Waals surface area contributed by atoms with Crippen molar-refractivity contribution >= 4 is 11.0 Å². The van der Waals surface area contributed by atoms with Crippen molar-refractivity contribution in [3.63, 3.8) is 0 Å². The van der Waals surface area contributed by atoms with Gasteiger partial charge in [0.1, 0.15) is 11.6 Å². The van der Waals surface area contributed by atoms with Gasteiger partial charge in [-0.3, -0.25) is 4.57 Å². The molecule has 0 unspecified atom stereocenters. The van der Waals surface area contributed by atoms with E-state index < -0.39 is 0 Å². The van der Waals surface area contributed by atoms with Crippen LogP contribution in [0.4, 0.5) is 0 Å². The highest BCUT2D eigenvalue weighted by Gasteiger charge is 2.20. The molecule has 0 amide bonds. The number of hydrogen-bond acceptors (Lipinski definition) is 3. The molecule has 262 valence electrons. The minimum atomic E-state index is 0.206. The summed E-state index contributed by atoms with van der Waals surface area (Å²) in [6.07, 6.45) is 0. The fraction of sp³-hybridized carbons (Fsp3) is 0.250. The number of rotatable bonds is 9. The minimum absolute atomic E-state index is 0.206. The highest BCUT2D eigenvalue weighted by atomic mass is 16.3. The number of hydrogen-bond donors (Lipinski definition) is 1. The zero-order valence-corrected chi connectivity index (χ0v) is 31.6. The monoisotopic (exact) mass is 683 g/mol. The van der Waals surface area contributed by atoms with E-state index in [1.54, 1.807) is 6.07 Å². The maximum absolute atomic E-state index is 11.2. The molecule has 2 aromatic heterocycles. The van der Waals surface area contributed by atoms with Crippen molar-refractivity contribution in [2.75, 3.05) is 0 Å². The normalized spacial score (nSPS) is 11.8. The Labute approximate surface area is 308 Å². The molecule has 5 aromatic carbocycles. The summed E-state index contributed by atoms with van der Waals surface area (Å²) >= 11 is 0. The summed E-state index contributed by atoms with van der Waals surface area (Å²) in [5.41, 5.74) is 14.7. The minimum Gasteiger partial charge on any atom is -0.507 e. The second-order valence-electron chi connectivity index (χ2n) is 15.3. The zero-order chi connectivity index (χ0) is 36.7. The van der Waals surface area contributed by atoms with Gasteiger partial charge in [0.25, 0.3) is 0 Å². The van der Waals surface area contributed by atoms with Gasteiger partial charge < -0.3 is 5.11 Å². The molecular weight excluding hydrogens is 635 g/mol. The molecule has 1 N–H and O–H groups in total. The van der Waals surface area contributed by atoms with Gasteiger partial charge in [0.15, 0.2) is 0 Å². The molecule has 52 heavy (non-hydrogen) atoms. The third kappa shape index (κ3) is 6.78. The van der Waals surface area contributed by atoms with Crippen LogP contribution < -0.4 is 0 Å². The van der Waals surface area contributed by atoms with Crippen LogP contribution in [0.5, 0.6) is 5.75 Å². The van der Waals surface area contributed by atoms with E-state index in [0.29, 0.717) is 34.9 Å². The van der Waals surface area contributed by atoms with E-state index in [1.807, 2.05) is 30.3 Å². The molecule has 7 aromatic rings. The number of imidazole rings is 1. The Morgan fingerprint density at radius 3 is 1.62 bits per heavy atom. The molecule has 4 nitrogen and oxygen atoms in total. The molecule has 0 aliphatic carbocycles. The van der Waals surface area contributed by atoms with Gasteiger partial charge in [-0.15, -0.1) is 0 Å². The number of phenols is 1. The Bertz CT molecular complexity index is 2330. The van der Waals surface area contributed by atoms with Gasteiger partial charge in [-0.2, -0.15) is 0 Å². The molecule has 7 rings (SSSR count). The molecule has 2 heterocycles. The van der Waals surface area contributed by atoms with Gasteiger partial charge in [-0.05, 0) is 99.5 Å². The summed E-state index contributed by atoms with van der Waals surface area (Å²) in [5, 5.41) is 11.2. The molecule has 0 spiro atoms. The lowest BCUT2D eigenvalue weighted by molar-refractivity contribution is 0.477. The van der Waals surface area contributed by atoms with Gasteiger partial charge in [-0.25, -0.2) is 9.97 Å². The van der Waals surface area contributed by atoms with Crippen LogP contribution >= 0.6 is 0 Å². The van der Waals surface area contributed by atoms with Crippen molar-refractivity contribution in [3.05, 3.63) is 144 Å². The van der Waals surface area contributed by atoms with Crippen LogP contribution in [0.1, 0.15) is 101 Å². The Kier molecular flexibility index (Phi) is 9.59. The number of para-hydroxylation sites is 1. The molecule has 0 fully saturated rings. The highest BCUT2D eigenvalue weighted by molar-refractivity contribution is 5.95. The second-order valence-corrected chi connectivity index (χ2v) is 15.3. The summed E-state index contributed by atoms with van der Waals surface area (Å²) in [7, 11) is 0. The summed E-state index contributed by atoms with van der Waals surface area (Å²) in [4.78, 5) is 10.6. The maximum Gasteiger partial charge on any atom is 0.145 e. The second kappa shape index (κ2) is 14.3. The third-order valence-corrected chi connectivity index (χ3v) is 10.2. The van der Waals surface area contributed by atoms with Crippen LogP contribution in [0.3, 0.4) is 0 Å². The number of aromatic nitrogens is 3. The van der Waals surface area contributed by atoms with Gasteiger partial charge in [0.2, 0.25) is 0 Å². The van der Waals surface area contributed by atoms with E-state index >= 15 is 0 Å². The first-order valence-electron chi connectivity index (χ1n) is 18.7. The predicted molar refractivity (Wildman–Crippen MR) is 219 cm³/mol. The fourth-order valence-corrected chi connectivity index (χ4v) is 6.97. The quantitative estimate of drug-likeness (QED) is 0.165. The first-order valence-corrected chi connectivity index (χ1v) is 18.7. The summed E-state index contributed by atoms with van der Waals surface area (Å²) in [6.45, 7) is 18.0. The zero-order valence-electron chi connectivity index (χ0n) is 31.6. The van der Waals surface area contributed by atoms with E-state index in [1.165, 1.54) is 22.3 Å². The largest absolute Gasteiger partial charge is 0.507 e. The molecule has 4 heteroatoms. The van der Waals surface area contributed by atoms with Crippen molar-refractivity contribution in [2.24, 2.45) is 0 Å². The lowest BCUT2D eigenvalue weighted by Gasteiger charge is -2.17. The number of fused-ring (bicyclic) bond motifs is 1. The van der Waals surface area contributed by atoms with E-state index in [4.69, 9.17) is 9.97 Å². The standard InChI is InChI=1S/C48H49N3O/c1-29(2)35-22-36(30(3)4)25-39(24-35)34-20-21-46(52)42(28-34)44-18-13-17-43(49-44)41-16-12-19-45-47(41)50-48(33-14-10-9-11-15-33)51(45)40-26-37(31(5)6)23-38(27-40)32(7)8/h9-32,52H,1-8H3. The smallest absolute Gasteiger partial charge is 0.145 e. The highest BCUT2D eigenvalue weighted by Crippen LogP contribution is 2.39. The van der Waals surface area contributed by atoms with Crippen molar-refractivity contribution in [3.8, 4) is 56.5 Å². The van der Waals surface area contributed by atoms with Gasteiger partial charge >= 0.3 is 0 Å². The van der Waals surface area contributed by atoms with E-state index in [9.17, 15) is 5.11 Å². The topological polar surface area (TPSA) is 50.9 Å². The molecule has 0 aliphatic heterocycles. The molecule has 0 saturated carbocycles. The maximum atomic E-state index is 11.2. The number of phenolic OH excluding ortho intramolecular Hbond substituents is 1. The summed E-state index contributed by atoms with van der Waals surface area (Å²) in [5.74, 6) is 2.71. The van der Waals surface area contributed by atoms with Crippen molar-refractivity contribution in [1.82, 2.24) is 14.5 Å². The van der Waals surface area contributed by atoms with E-state index in [2.05, 4.69) is 145 Å². The molecule has 0 bridgehead atoms. The predicted octanol–water partition coefficient (Wildman–Crippen LogP) is 13.3. The molecule has 0 aliphatic rings. The van der Waals surface area contributed by atoms with Crippen molar-refractivity contribution in [2.45, 2.75) is 79.1 Å². The Hall–Kier alpha value is -5.48. The number of aromatic hydroxyl groups is 1. The van der Waals surface area contributed by atoms with Crippen molar-refractivity contribution < 1.29 is 5.11 Å². The van der Waals surface area contributed by atoms with E-state index in [0.717, 1.165) is 50.5 Å². The van der Waals surface area contributed by atoms with Gasteiger partial charge in [0, 0.05) is 22.4 Å². The lowest BCUT2D eigenvalue weighted by atomic mass is 9.90. The first-order chi connectivity index (χ1) is 25.0. The van der Waals surface area contributed by atoms with Crippen LogP contribution in [-0.4, -0.2) is 19.6 Å². The number of nitrogens with zero attached hydrogens (tertiary/aromatic N) is 3. The van der Waals surface area contributed by atoms with Crippen LogP contribution in [0.2, 0.25) is 0 Å². The van der Waals surface area contributed by atoms with Crippen LogP contribution in [-0.2, 0) is 0 Å². The SMILES string of the molecule is CC(C)c1cc(-c2ccc(O)c(-c3cccc(-c4cccc5c4nc(-c4ccccc4)n5-c4cc(C(C)C)cc(C(C)C)c4)n3)c2)cc(C(C)C)c1.